The summed E-state index contributed by atoms with van der Waals surface area (Å²) in [6, 6.07) is 4.26. The largest absolute Gasteiger partial charge is 0.397 e. The number of benzene rings is 1. The topological polar surface area (TPSA) is 87.0 Å². The molecule has 6 nitrogen and oxygen atoms in total. The van der Waals surface area contributed by atoms with Gasteiger partial charge in [-0.2, -0.15) is 5.10 Å². The highest BCUT2D eigenvalue weighted by Crippen LogP contribution is 2.23. The molecule has 1 heterocycles. The number of nitrogens with zero attached hydrogens (tertiary/aromatic N) is 3. The van der Waals surface area contributed by atoms with E-state index in [-0.39, 0.29) is 5.69 Å². The van der Waals surface area contributed by atoms with Crippen molar-refractivity contribution in [2.45, 2.75) is 0 Å². The molecule has 0 aliphatic heterocycles. The van der Waals surface area contributed by atoms with Crippen molar-refractivity contribution in [3.05, 3.63) is 45.2 Å². The molecule has 2 N–H and O–H groups in total. The molecule has 2 rings (SSSR count). The lowest BCUT2D eigenvalue weighted by atomic mass is 10.2. The van der Waals surface area contributed by atoms with Crippen LogP contribution in [-0.4, -0.2) is 14.7 Å². The predicted octanol–water partition coefficient (Wildman–Crippen LogP) is 2.13. The molecule has 0 amide bonds. The molecule has 1 aromatic heterocycles. The lowest BCUT2D eigenvalue weighted by Gasteiger charge is -2.04. The van der Waals surface area contributed by atoms with E-state index in [4.69, 9.17) is 5.73 Å². The Morgan fingerprint density at radius 1 is 1.50 bits per heavy atom. The molecule has 82 valence electrons. The van der Waals surface area contributed by atoms with Gasteiger partial charge < -0.3 is 5.73 Å². The van der Waals surface area contributed by atoms with Crippen molar-refractivity contribution >= 4 is 27.3 Å². The maximum absolute atomic E-state index is 10.5. The fraction of sp³-hybridized carbons (Fsp3) is 0. The van der Waals surface area contributed by atoms with E-state index in [0.29, 0.717) is 11.4 Å². The highest BCUT2D eigenvalue weighted by atomic mass is 79.9. The Morgan fingerprint density at radius 3 is 2.75 bits per heavy atom. The number of nitrogen functional groups attached to an aromatic ring is 1. The van der Waals surface area contributed by atoms with Gasteiger partial charge in [0.1, 0.15) is 0 Å². The van der Waals surface area contributed by atoms with Gasteiger partial charge in [-0.25, -0.2) is 4.68 Å². The summed E-state index contributed by atoms with van der Waals surface area (Å²) in [5.41, 5.74) is 6.60. The number of non-ortho nitro benzene ring substituents is 1. The number of nitro groups is 1. The number of hydrogen-bond donors (Lipinski definition) is 1. The van der Waals surface area contributed by atoms with Crippen molar-refractivity contribution in [1.82, 2.24) is 9.78 Å². The van der Waals surface area contributed by atoms with Crippen LogP contribution in [0.4, 0.5) is 11.4 Å². The maximum atomic E-state index is 10.5. The molecule has 0 saturated heterocycles. The molecular formula is C9H7BrN4O2. The summed E-state index contributed by atoms with van der Waals surface area (Å²) in [7, 11) is 0. The smallest absolute Gasteiger partial charge is 0.271 e. The summed E-state index contributed by atoms with van der Waals surface area (Å²) >= 11 is 3.26. The number of halogens is 1. The summed E-state index contributed by atoms with van der Waals surface area (Å²) in [6.07, 6.45) is 3.33. The summed E-state index contributed by atoms with van der Waals surface area (Å²) in [6.45, 7) is 0. The maximum Gasteiger partial charge on any atom is 0.271 e. The standard InChI is InChI=1S/C9H7BrN4O2/c10-6-4-12-13(5-6)9-2-1-7(14(15)16)3-8(9)11/h1-5H,11H2. The second-order valence-electron chi connectivity index (χ2n) is 3.10. The van der Waals surface area contributed by atoms with Crippen LogP contribution in [0.3, 0.4) is 0 Å². The van der Waals surface area contributed by atoms with E-state index < -0.39 is 4.92 Å². The first kappa shape index (κ1) is 10.6. The SMILES string of the molecule is Nc1cc([N+](=O)[O-])ccc1-n1cc(Br)cn1. The second-order valence-corrected chi connectivity index (χ2v) is 4.02. The summed E-state index contributed by atoms with van der Waals surface area (Å²) < 4.78 is 2.36. The molecule has 0 fully saturated rings. The molecular weight excluding hydrogens is 276 g/mol. The van der Waals surface area contributed by atoms with Gasteiger partial charge in [-0.15, -0.1) is 0 Å². The molecule has 2 aromatic rings. The molecule has 1 aromatic carbocycles. The second kappa shape index (κ2) is 3.93. The molecule has 16 heavy (non-hydrogen) atoms. The number of aromatic nitrogens is 2. The van der Waals surface area contributed by atoms with Gasteiger partial charge in [-0.1, -0.05) is 0 Å². The Balaban J connectivity index is 2.47. The molecule has 0 radical (unpaired) electrons. The molecule has 0 spiro atoms. The van der Waals surface area contributed by atoms with E-state index in [1.165, 1.54) is 12.1 Å². The van der Waals surface area contributed by atoms with E-state index >= 15 is 0 Å². The Labute approximate surface area is 99.0 Å². The zero-order valence-electron chi connectivity index (χ0n) is 8.00. The van der Waals surface area contributed by atoms with Crippen molar-refractivity contribution < 1.29 is 4.92 Å². The quantitative estimate of drug-likeness (QED) is 0.519. The third kappa shape index (κ3) is 1.89. The van der Waals surface area contributed by atoms with Crippen LogP contribution in [0.1, 0.15) is 0 Å². The zero-order chi connectivity index (χ0) is 11.7. The zero-order valence-corrected chi connectivity index (χ0v) is 9.59. The third-order valence-corrected chi connectivity index (χ3v) is 2.43. The summed E-state index contributed by atoms with van der Waals surface area (Å²) in [5, 5.41) is 14.6. The van der Waals surface area contributed by atoms with E-state index in [1.807, 2.05) is 0 Å². The van der Waals surface area contributed by atoms with Crippen molar-refractivity contribution in [1.29, 1.82) is 0 Å². The van der Waals surface area contributed by atoms with E-state index in [0.717, 1.165) is 4.47 Å². The van der Waals surface area contributed by atoms with Gasteiger partial charge in [0.15, 0.2) is 0 Å². The van der Waals surface area contributed by atoms with Crippen molar-refractivity contribution in [2.24, 2.45) is 0 Å². The Bertz CT molecular complexity index is 552. The van der Waals surface area contributed by atoms with Crippen LogP contribution in [0.5, 0.6) is 0 Å². The Morgan fingerprint density at radius 2 is 2.25 bits per heavy atom. The van der Waals surface area contributed by atoms with Crippen LogP contribution < -0.4 is 5.73 Å². The molecule has 0 saturated carbocycles. The normalized spacial score (nSPS) is 10.3. The highest BCUT2D eigenvalue weighted by Gasteiger charge is 2.10. The van der Waals surface area contributed by atoms with Crippen LogP contribution in [0.25, 0.3) is 5.69 Å². The number of nitro benzene ring substituents is 1. The monoisotopic (exact) mass is 282 g/mol. The molecule has 0 aliphatic rings. The van der Waals surface area contributed by atoms with Gasteiger partial charge in [0.05, 0.1) is 27.0 Å². The lowest BCUT2D eigenvalue weighted by molar-refractivity contribution is -0.384. The van der Waals surface area contributed by atoms with Crippen LogP contribution in [0.15, 0.2) is 35.1 Å². The van der Waals surface area contributed by atoms with Gasteiger partial charge in [-0.05, 0) is 22.0 Å². The molecule has 0 unspecified atom stereocenters. The minimum absolute atomic E-state index is 0.0347. The Kier molecular flexibility index (Phi) is 2.61. The van der Waals surface area contributed by atoms with Crippen LogP contribution >= 0.6 is 15.9 Å². The molecule has 7 heteroatoms. The molecule has 0 bridgehead atoms. The first-order chi connectivity index (χ1) is 7.58. The minimum atomic E-state index is -0.487. The summed E-state index contributed by atoms with van der Waals surface area (Å²) in [4.78, 5) is 10.0. The van der Waals surface area contributed by atoms with E-state index in [1.54, 1.807) is 23.1 Å². The van der Waals surface area contributed by atoms with Crippen LogP contribution in [-0.2, 0) is 0 Å². The van der Waals surface area contributed by atoms with Gasteiger partial charge in [0.25, 0.3) is 5.69 Å². The average molecular weight is 283 g/mol. The van der Waals surface area contributed by atoms with Crippen molar-refractivity contribution in [3.8, 4) is 5.69 Å². The fourth-order valence-corrected chi connectivity index (χ4v) is 1.58. The van der Waals surface area contributed by atoms with E-state index in [9.17, 15) is 10.1 Å². The van der Waals surface area contributed by atoms with Gasteiger partial charge in [0, 0.05) is 18.3 Å². The van der Waals surface area contributed by atoms with Gasteiger partial charge >= 0.3 is 0 Å². The van der Waals surface area contributed by atoms with Crippen molar-refractivity contribution in [3.63, 3.8) is 0 Å². The summed E-state index contributed by atoms with van der Waals surface area (Å²) in [5.74, 6) is 0. The highest BCUT2D eigenvalue weighted by molar-refractivity contribution is 9.10. The Hall–Kier alpha value is -1.89. The molecule has 0 aliphatic carbocycles. The van der Waals surface area contributed by atoms with E-state index in [2.05, 4.69) is 21.0 Å². The minimum Gasteiger partial charge on any atom is -0.397 e. The first-order valence-electron chi connectivity index (χ1n) is 4.32. The van der Waals surface area contributed by atoms with Crippen LogP contribution in [0, 0.1) is 10.1 Å². The van der Waals surface area contributed by atoms with Crippen LogP contribution in [0.2, 0.25) is 0 Å². The number of rotatable bonds is 2. The third-order valence-electron chi connectivity index (χ3n) is 2.02. The number of anilines is 1. The van der Waals surface area contributed by atoms with Gasteiger partial charge in [0.2, 0.25) is 0 Å². The number of hydrogen-bond acceptors (Lipinski definition) is 4. The fourth-order valence-electron chi connectivity index (χ4n) is 1.30. The number of nitrogens with two attached hydrogens (primary N) is 1. The van der Waals surface area contributed by atoms with Gasteiger partial charge in [-0.3, -0.25) is 10.1 Å². The van der Waals surface area contributed by atoms with Crippen molar-refractivity contribution in [2.75, 3.05) is 5.73 Å². The first-order valence-corrected chi connectivity index (χ1v) is 5.11. The lowest BCUT2D eigenvalue weighted by Crippen LogP contribution is -2.01. The predicted molar refractivity (Wildman–Crippen MR) is 62.3 cm³/mol. The average Bonchev–Trinajstić information content (AvgIpc) is 2.64. The molecule has 0 atom stereocenters.